The third-order valence-electron chi connectivity index (χ3n) is 6.36. The van der Waals surface area contributed by atoms with E-state index in [9.17, 15) is 35.1 Å². The van der Waals surface area contributed by atoms with Crippen LogP contribution in [0.15, 0.2) is 121 Å². The number of aromatic nitrogens is 4. The second-order valence-electron chi connectivity index (χ2n) is 10.1. The first-order chi connectivity index (χ1) is 22.7. The molecule has 0 fully saturated rings. The predicted molar refractivity (Wildman–Crippen MR) is 165 cm³/mol. The molecule has 4 aromatic rings. The number of pyridine rings is 4. The van der Waals surface area contributed by atoms with Gasteiger partial charge in [-0.05, 0) is 85.7 Å². The monoisotopic (exact) mass is 857 g/mol. The van der Waals surface area contributed by atoms with E-state index in [1.165, 1.54) is 24.3 Å². The van der Waals surface area contributed by atoms with Crippen LogP contribution in [0.1, 0.15) is 33.6 Å². The summed E-state index contributed by atoms with van der Waals surface area (Å²) in [6, 6.07) is 10.5. The van der Waals surface area contributed by atoms with Crippen LogP contribution >= 0.6 is 0 Å². The second kappa shape index (κ2) is 17.0. The summed E-state index contributed by atoms with van der Waals surface area (Å²) < 4.78 is 100. The largest absolute Gasteiger partial charge is 0.416 e. The van der Waals surface area contributed by atoms with E-state index < -0.39 is 23.5 Å². The van der Waals surface area contributed by atoms with E-state index in [0.29, 0.717) is 12.1 Å². The zero-order chi connectivity index (χ0) is 34.9. The van der Waals surface area contributed by atoms with Crippen LogP contribution in [0.2, 0.25) is 0 Å². The molecule has 0 unspecified atom stereocenters. The Kier molecular flexibility index (Phi) is 13.4. The Labute approximate surface area is 290 Å². The quantitative estimate of drug-likeness (QED) is 0.152. The molecule has 0 saturated carbocycles. The fourth-order valence-electron chi connectivity index (χ4n) is 3.88. The third-order valence-corrected chi connectivity index (χ3v) is 6.36. The van der Waals surface area contributed by atoms with Crippen LogP contribution in [0.25, 0.3) is 22.5 Å². The molecule has 0 aliphatic heterocycles. The van der Waals surface area contributed by atoms with Crippen LogP contribution in [0.4, 0.5) is 35.1 Å². The standard InChI is InChI=1S/C12H6F6N2.2C12H9FN.Ir/c13-11(14,15)7-1-3-19-9(5-7)10-6-8(2-4-20-10)12(16,17)18;2*1-9-2-7-12(14-8-9)10-3-5-11(13)6-4-10;/h1-6H;2*2-3,5-8H,1H3;. The number of alkyl halides is 6. The van der Waals surface area contributed by atoms with Gasteiger partial charge < -0.3 is 0 Å². The summed E-state index contributed by atoms with van der Waals surface area (Å²) in [5.41, 5.74) is 8.60. The first kappa shape index (κ1) is 38.7. The average molecular weight is 857 g/mol. The molecule has 0 amide bonds. The van der Waals surface area contributed by atoms with Crippen LogP contribution in [0, 0.1) is 26.2 Å². The van der Waals surface area contributed by atoms with Crippen molar-refractivity contribution in [1.29, 1.82) is 0 Å². The van der Waals surface area contributed by atoms with Crippen molar-refractivity contribution in [2.24, 2.45) is 0 Å². The SMILES string of the molecule is Cc1ccc(C2=C=C[C](F)C=C2)nc1.Cc1ccc(C2=C=C[C](F)C=C2)nc1.FC(F)(F)c1ccnc(-c2cc(C(F)(F)F)ccn2)c1.[Ir]. The molecule has 253 valence electrons. The fourth-order valence-corrected chi connectivity index (χ4v) is 3.88. The maximum absolute atomic E-state index is 12.6. The minimum atomic E-state index is -4.60. The van der Waals surface area contributed by atoms with E-state index >= 15 is 0 Å². The average Bonchev–Trinajstić information content (AvgIpc) is 3.06. The van der Waals surface area contributed by atoms with Crippen molar-refractivity contribution in [3.05, 3.63) is 167 Å². The number of halogens is 8. The Morgan fingerprint density at radius 1 is 0.510 bits per heavy atom. The number of rotatable bonds is 3. The van der Waals surface area contributed by atoms with Crippen molar-refractivity contribution in [2.45, 2.75) is 26.2 Å². The summed E-state index contributed by atoms with van der Waals surface area (Å²) in [7, 11) is 0. The van der Waals surface area contributed by atoms with Crippen LogP contribution in [-0.4, -0.2) is 19.9 Å². The van der Waals surface area contributed by atoms with Gasteiger partial charge in [-0.2, -0.15) is 26.3 Å². The molecule has 4 aromatic heterocycles. The van der Waals surface area contributed by atoms with Gasteiger partial charge in [0.1, 0.15) is 0 Å². The molecule has 13 heteroatoms. The molecule has 3 radical (unpaired) electrons. The molecule has 0 N–H and O–H groups in total. The van der Waals surface area contributed by atoms with Crippen molar-refractivity contribution in [3.63, 3.8) is 0 Å². The molecule has 0 atom stereocenters. The van der Waals surface area contributed by atoms with Gasteiger partial charge in [-0.3, -0.25) is 19.9 Å². The number of hydrogen-bond donors (Lipinski definition) is 0. The molecule has 0 spiro atoms. The smallest absolute Gasteiger partial charge is 0.255 e. The van der Waals surface area contributed by atoms with Crippen LogP contribution < -0.4 is 0 Å². The van der Waals surface area contributed by atoms with Gasteiger partial charge >= 0.3 is 12.4 Å². The minimum Gasteiger partial charge on any atom is -0.255 e. The summed E-state index contributed by atoms with van der Waals surface area (Å²) in [6.07, 6.45) is 4.37. The van der Waals surface area contributed by atoms with E-state index in [4.69, 9.17) is 0 Å². The van der Waals surface area contributed by atoms with Gasteiger partial charge in [0.2, 0.25) is 0 Å². The zero-order valence-electron chi connectivity index (χ0n) is 25.5. The molecular weight excluding hydrogens is 833 g/mol. The van der Waals surface area contributed by atoms with Crippen molar-refractivity contribution in [3.8, 4) is 11.4 Å². The normalized spacial score (nSPS) is 14.1. The third kappa shape index (κ3) is 11.7. The Hall–Kier alpha value is -4.79. The maximum atomic E-state index is 12.6. The summed E-state index contributed by atoms with van der Waals surface area (Å²) >= 11 is 0. The Morgan fingerprint density at radius 2 is 0.898 bits per heavy atom. The molecule has 4 nitrogen and oxygen atoms in total. The topological polar surface area (TPSA) is 51.6 Å². The maximum Gasteiger partial charge on any atom is 0.416 e. The Balaban J connectivity index is 0.000000202. The number of nitrogens with zero attached hydrogens (tertiary/aromatic N) is 4. The van der Waals surface area contributed by atoms with E-state index in [0.717, 1.165) is 58.2 Å². The van der Waals surface area contributed by atoms with Gasteiger partial charge in [-0.1, -0.05) is 12.1 Å². The van der Waals surface area contributed by atoms with E-state index in [1.54, 1.807) is 24.5 Å². The van der Waals surface area contributed by atoms with Gasteiger partial charge in [-0.15, -0.1) is 11.5 Å². The molecular formula is C36H24F8IrN4. The molecule has 2 aliphatic rings. The molecule has 0 bridgehead atoms. The molecule has 49 heavy (non-hydrogen) atoms. The minimum absolute atomic E-state index is 0. The van der Waals surface area contributed by atoms with E-state index in [-0.39, 0.29) is 43.8 Å². The summed E-state index contributed by atoms with van der Waals surface area (Å²) in [6.45, 7) is 3.95. The van der Waals surface area contributed by atoms with Crippen LogP contribution in [0.5, 0.6) is 0 Å². The number of hydrogen-bond acceptors (Lipinski definition) is 4. The summed E-state index contributed by atoms with van der Waals surface area (Å²) in [5.74, 6) is 0. The van der Waals surface area contributed by atoms with Gasteiger partial charge in [0.25, 0.3) is 0 Å². The first-order valence-electron chi connectivity index (χ1n) is 14.0. The Bertz CT molecular complexity index is 1780. The predicted octanol–water partition coefficient (Wildman–Crippen LogP) is 10.2. The second-order valence-corrected chi connectivity index (χ2v) is 10.1. The van der Waals surface area contributed by atoms with Gasteiger partial charge in [0.15, 0.2) is 12.3 Å². The molecule has 6 rings (SSSR count). The van der Waals surface area contributed by atoms with E-state index in [2.05, 4.69) is 31.4 Å². The zero-order valence-corrected chi connectivity index (χ0v) is 27.9. The molecule has 0 saturated heterocycles. The fraction of sp³-hybridized carbons (Fsp3) is 0.111. The van der Waals surface area contributed by atoms with Gasteiger partial charge in [0.05, 0.1) is 33.9 Å². The van der Waals surface area contributed by atoms with Crippen molar-refractivity contribution in [1.82, 2.24) is 19.9 Å². The number of aryl methyl sites for hydroxylation is 2. The van der Waals surface area contributed by atoms with Gasteiger partial charge in [-0.25, -0.2) is 8.78 Å². The summed E-state index contributed by atoms with van der Waals surface area (Å²) in [4.78, 5) is 15.7. The van der Waals surface area contributed by atoms with Crippen LogP contribution in [0.3, 0.4) is 0 Å². The van der Waals surface area contributed by atoms with Gasteiger partial charge in [0, 0.05) is 68.2 Å². The first-order valence-corrected chi connectivity index (χ1v) is 14.0. The van der Waals surface area contributed by atoms with E-state index in [1.807, 2.05) is 38.1 Å². The van der Waals surface area contributed by atoms with Crippen molar-refractivity contribution >= 4 is 11.1 Å². The summed E-state index contributed by atoms with van der Waals surface area (Å²) in [5, 5.41) is 0. The van der Waals surface area contributed by atoms with Crippen molar-refractivity contribution < 1.29 is 55.2 Å². The molecule has 0 aromatic carbocycles. The molecule has 2 aliphatic carbocycles. The van der Waals surface area contributed by atoms with Crippen LogP contribution in [-0.2, 0) is 32.5 Å². The number of allylic oxidation sites excluding steroid dienone is 6. The molecule has 4 heterocycles. The Morgan fingerprint density at radius 3 is 1.18 bits per heavy atom. The van der Waals surface area contributed by atoms with Crippen molar-refractivity contribution in [2.75, 3.05) is 0 Å².